The van der Waals surface area contributed by atoms with E-state index in [1.807, 2.05) is 12.1 Å². The highest BCUT2D eigenvalue weighted by atomic mass is 28.3. The van der Waals surface area contributed by atoms with Gasteiger partial charge < -0.3 is 14.2 Å². The van der Waals surface area contributed by atoms with Gasteiger partial charge in [0, 0.05) is 0 Å². The average Bonchev–Trinajstić information content (AvgIpc) is 2.36. The van der Waals surface area contributed by atoms with Crippen LogP contribution in [0.15, 0.2) is 12.1 Å². The fourth-order valence-electron chi connectivity index (χ4n) is 2.04. The molecule has 0 aromatic heterocycles. The Labute approximate surface area is 115 Å². The third-order valence-corrected chi connectivity index (χ3v) is 5.21. The van der Waals surface area contributed by atoms with Gasteiger partial charge in [-0.25, -0.2) is 0 Å². The lowest BCUT2D eigenvalue weighted by atomic mass is 10.1. The van der Waals surface area contributed by atoms with Crippen molar-refractivity contribution in [3.05, 3.63) is 17.7 Å². The zero-order valence-corrected chi connectivity index (χ0v) is 13.4. The number of hydrogen-bond donors (Lipinski definition) is 0. The van der Waals surface area contributed by atoms with Crippen LogP contribution >= 0.6 is 0 Å². The maximum atomic E-state index is 9.44. The molecule has 0 aliphatic carbocycles. The first-order valence-corrected chi connectivity index (χ1v) is 9.66. The predicted molar refractivity (Wildman–Crippen MR) is 77.8 cm³/mol. The number of hydrogen-bond acceptors (Lipinski definition) is 4. The Bertz CT molecular complexity index is 463. The zero-order valence-electron chi connectivity index (χ0n) is 12.4. The van der Waals surface area contributed by atoms with Crippen LogP contribution in [-0.4, -0.2) is 29.4 Å². The molecule has 0 bridgehead atoms. The summed E-state index contributed by atoms with van der Waals surface area (Å²) in [6.07, 6.45) is 0. The van der Waals surface area contributed by atoms with Crippen molar-refractivity contribution in [2.24, 2.45) is 0 Å². The van der Waals surface area contributed by atoms with Crippen molar-refractivity contribution in [3.63, 3.8) is 0 Å². The lowest BCUT2D eigenvalue weighted by Gasteiger charge is -2.24. The first kappa shape index (κ1) is 15.4. The molecule has 0 fully saturated rings. The Morgan fingerprint density at radius 1 is 1.00 bits per heavy atom. The van der Waals surface area contributed by atoms with Gasteiger partial charge in [-0.05, 0) is 17.7 Å². The van der Waals surface area contributed by atoms with Crippen molar-refractivity contribution in [2.75, 3.05) is 21.3 Å². The molecule has 0 aliphatic rings. The van der Waals surface area contributed by atoms with Crippen LogP contribution in [0.2, 0.25) is 19.6 Å². The van der Waals surface area contributed by atoms with E-state index in [0.717, 1.165) is 5.56 Å². The summed E-state index contributed by atoms with van der Waals surface area (Å²) in [5.41, 5.74) is 0.817. The molecule has 0 saturated carbocycles. The number of nitrogens with zero attached hydrogens (tertiary/aromatic N) is 1. The predicted octanol–water partition coefficient (Wildman–Crippen LogP) is 3.20. The second-order valence-corrected chi connectivity index (χ2v) is 10.7. The molecule has 0 saturated heterocycles. The molecule has 0 radical (unpaired) electrons. The highest BCUT2D eigenvalue weighted by Gasteiger charge is 2.30. The van der Waals surface area contributed by atoms with E-state index in [9.17, 15) is 5.26 Å². The van der Waals surface area contributed by atoms with Gasteiger partial charge in [-0.2, -0.15) is 5.26 Å². The molecule has 0 heterocycles. The number of methoxy groups -OCH3 is 3. The summed E-state index contributed by atoms with van der Waals surface area (Å²) in [7, 11) is 3.09. The third-order valence-electron chi connectivity index (χ3n) is 3.02. The molecular formula is C14H21NO3Si. The van der Waals surface area contributed by atoms with Gasteiger partial charge in [0.05, 0.1) is 41.0 Å². The van der Waals surface area contributed by atoms with Crippen molar-refractivity contribution in [1.29, 1.82) is 5.26 Å². The van der Waals surface area contributed by atoms with Gasteiger partial charge in [-0.3, -0.25) is 0 Å². The van der Waals surface area contributed by atoms with E-state index >= 15 is 0 Å². The fraction of sp³-hybridized carbons (Fsp3) is 0.500. The van der Waals surface area contributed by atoms with Gasteiger partial charge in [-0.15, -0.1) is 0 Å². The highest BCUT2D eigenvalue weighted by molar-refractivity contribution is 6.78. The summed E-state index contributed by atoms with van der Waals surface area (Å²) in [4.78, 5) is 0. The normalized spacial score (nSPS) is 12.5. The molecule has 19 heavy (non-hydrogen) atoms. The molecule has 0 spiro atoms. The van der Waals surface area contributed by atoms with Gasteiger partial charge >= 0.3 is 0 Å². The smallest absolute Gasteiger partial charge is 0.203 e. The highest BCUT2D eigenvalue weighted by Crippen LogP contribution is 2.41. The Morgan fingerprint density at radius 3 is 1.74 bits per heavy atom. The maximum absolute atomic E-state index is 9.44. The number of ether oxygens (including phenoxy) is 3. The van der Waals surface area contributed by atoms with Crippen LogP contribution < -0.4 is 14.2 Å². The summed E-state index contributed by atoms with van der Waals surface area (Å²) in [6, 6.07) is 6.15. The minimum atomic E-state index is -1.64. The number of nitriles is 1. The van der Waals surface area contributed by atoms with E-state index in [4.69, 9.17) is 14.2 Å². The molecule has 5 heteroatoms. The molecule has 1 aromatic rings. The van der Waals surface area contributed by atoms with Gasteiger partial charge in [0.15, 0.2) is 11.5 Å². The van der Waals surface area contributed by atoms with Crippen molar-refractivity contribution in [2.45, 2.75) is 25.2 Å². The standard InChI is InChI=1S/C14H21NO3Si/c1-16-11-7-10(13(9-15)19(4,5)6)8-12(17-2)14(11)18-3/h7-8,13H,1-6H3. The Morgan fingerprint density at radius 2 is 1.47 bits per heavy atom. The molecule has 4 nitrogen and oxygen atoms in total. The zero-order chi connectivity index (χ0) is 14.6. The lowest BCUT2D eigenvalue weighted by Crippen LogP contribution is -2.30. The molecule has 104 valence electrons. The fourth-order valence-corrected chi connectivity index (χ4v) is 3.59. The second-order valence-electron chi connectivity index (χ2n) is 5.39. The van der Waals surface area contributed by atoms with Crippen LogP contribution in [0.3, 0.4) is 0 Å². The minimum Gasteiger partial charge on any atom is -0.493 e. The number of rotatable bonds is 5. The molecule has 0 aliphatic heterocycles. The molecule has 0 amide bonds. The van der Waals surface area contributed by atoms with Crippen molar-refractivity contribution in [1.82, 2.24) is 0 Å². The van der Waals surface area contributed by atoms with Crippen LogP contribution in [0.25, 0.3) is 0 Å². The van der Waals surface area contributed by atoms with Crippen LogP contribution in [0.4, 0.5) is 0 Å². The third kappa shape index (κ3) is 3.21. The van der Waals surface area contributed by atoms with E-state index < -0.39 is 8.07 Å². The summed E-state index contributed by atoms with van der Waals surface area (Å²) in [6.45, 7) is 6.51. The van der Waals surface area contributed by atoms with Crippen molar-refractivity contribution in [3.8, 4) is 23.3 Å². The molecular weight excluding hydrogens is 258 g/mol. The quantitative estimate of drug-likeness (QED) is 0.777. The van der Waals surface area contributed by atoms with E-state index in [1.54, 1.807) is 21.3 Å². The van der Waals surface area contributed by atoms with E-state index in [2.05, 4.69) is 25.7 Å². The monoisotopic (exact) mass is 279 g/mol. The molecule has 1 rings (SSSR count). The second kappa shape index (κ2) is 5.98. The SMILES string of the molecule is COc1cc(C(C#N)[Si](C)(C)C)cc(OC)c1OC. The van der Waals surface area contributed by atoms with Gasteiger partial charge in [0.2, 0.25) is 5.75 Å². The van der Waals surface area contributed by atoms with Crippen molar-refractivity contribution >= 4 is 8.07 Å². The molecule has 0 N–H and O–H groups in total. The van der Waals surface area contributed by atoms with Gasteiger partial charge in [-0.1, -0.05) is 19.6 Å². The Kier molecular flexibility index (Phi) is 4.84. The summed E-state index contributed by atoms with van der Waals surface area (Å²) in [5, 5.41) is 9.44. The van der Waals surface area contributed by atoms with Crippen LogP contribution in [-0.2, 0) is 0 Å². The summed E-state index contributed by atoms with van der Waals surface area (Å²) < 4.78 is 15.9. The lowest BCUT2D eigenvalue weighted by molar-refractivity contribution is 0.324. The van der Waals surface area contributed by atoms with E-state index in [-0.39, 0.29) is 5.54 Å². The average molecular weight is 279 g/mol. The topological polar surface area (TPSA) is 51.5 Å². The summed E-state index contributed by atoms with van der Waals surface area (Å²) in [5.74, 6) is 1.74. The Hall–Kier alpha value is -1.67. The van der Waals surface area contributed by atoms with Gasteiger partial charge in [0.25, 0.3) is 0 Å². The van der Waals surface area contributed by atoms with Crippen LogP contribution in [0, 0.1) is 11.3 Å². The Balaban J connectivity index is 3.42. The minimum absolute atomic E-state index is 0.110. The summed E-state index contributed by atoms with van der Waals surface area (Å²) >= 11 is 0. The van der Waals surface area contributed by atoms with E-state index in [1.165, 1.54) is 0 Å². The molecule has 1 atom stereocenters. The molecule has 1 aromatic carbocycles. The van der Waals surface area contributed by atoms with E-state index in [0.29, 0.717) is 17.2 Å². The maximum Gasteiger partial charge on any atom is 0.203 e. The number of benzene rings is 1. The van der Waals surface area contributed by atoms with Gasteiger partial charge in [0.1, 0.15) is 0 Å². The first-order valence-electron chi connectivity index (χ1n) is 6.08. The van der Waals surface area contributed by atoms with Crippen LogP contribution in [0.1, 0.15) is 11.1 Å². The molecule has 1 unspecified atom stereocenters. The van der Waals surface area contributed by atoms with Crippen LogP contribution in [0.5, 0.6) is 17.2 Å². The van der Waals surface area contributed by atoms with Crippen molar-refractivity contribution < 1.29 is 14.2 Å². The largest absolute Gasteiger partial charge is 0.493 e. The first-order chi connectivity index (χ1) is 8.88.